The van der Waals surface area contributed by atoms with E-state index in [9.17, 15) is 0 Å². The summed E-state index contributed by atoms with van der Waals surface area (Å²) in [6.07, 6.45) is 3.70. The summed E-state index contributed by atoms with van der Waals surface area (Å²) in [6, 6.07) is 51.2. The summed E-state index contributed by atoms with van der Waals surface area (Å²) in [5, 5.41) is 8.98. The van der Waals surface area contributed by atoms with Gasteiger partial charge in [-0.15, -0.1) is 0 Å². The zero-order valence-electron chi connectivity index (χ0n) is 25.2. The zero-order chi connectivity index (χ0) is 30.9. The van der Waals surface area contributed by atoms with E-state index in [0.29, 0.717) is 0 Å². The fraction of sp³-hybridized carbons (Fsp3) is 0. The maximum atomic E-state index is 6.37. The van der Waals surface area contributed by atoms with Crippen LogP contribution in [0.5, 0.6) is 0 Å². The minimum Gasteiger partial charge on any atom is -0.455 e. The average molecular weight is 603 g/mol. The predicted molar refractivity (Wildman–Crippen MR) is 194 cm³/mol. The third-order valence-electron chi connectivity index (χ3n) is 9.32. The van der Waals surface area contributed by atoms with Gasteiger partial charge in [0, 0.05) is 61.8 Å². The zero-order valence-corrected chi connectivity index (χ0v) is 25.2. The molecule has 4 nitrogen and oxygen atoms in total. The Balaban J connectivity index is 1.15. The second-order valence-electron chi connectivity index (χ2n) is 12.0. The molecule has 0 saturated heterocycles. The lowest BCUT2D eigenvalue weighted by Crippen LogP contribution is -2.10. The second-order valence-corrected chi connectivity index (χ2v) is 12.0. The predicted octanol–water partition coefficient (Wildman–Crippen LogP) is 12.3. The molecule has 0 atom stereocenters. The number of benzene rings is 7. The van der Waals surface area contributed by atoms with Crippen LogP contribution in [0.3, 0.4) is 0 Å². The maximum Gasteiger partial charge on any atom is 0.143 e. The third kappa shape index (κ3) is 4.05. The Morgan fingerprint density at radius 3 is 1.49 bits per heavy atom. The van der Waals surface area contributed by atoms with Crippen molar-refractivity contribution in [1.29, 1.82) is 0 Å². The Labute approximate surface area is 269 Å². The van der Waals surface area contributed by atoms with Gasteiger partial charge in [-0.3, -0.25) is 4.98 Å². The number of para-hydroxylation sites is 2. The number of nitrogens with zero attached hydrogens (tertiary/aromatic N) is 2. The van der Waals surface area contributed by atoms with Crippen molar-refractivity contribution in [1.82, 2.24) is 4.98 Å². The van der Waals surface area contributed by atoms with Gasteiger partial charge in [0.1, 0.15) is 22.3 Å². The number of hydrogen-bond acceptors (Lipinski definition) is 4. The van der Waals surface area contributed by atoms with E-state index in [4.69, 9.17) is 8.83 Å². The van der Waals surface area contributed by atoms with Gasteiger partial charge in [0.05, 0.1) is 0 Å². The molecule has 3 heterocycles. The largest absolute Gasteiger partial charge is 0.455 e. The van der Waals surface area contributed by atoms with E-state index < -0.39 is 0 Å². The van der Waals surface area contributed by atoms with Crippen molar-refractivity contribution in [2.24, 2.45) is 0 Å². The lowest BCUT2D eigenvalue weighted by atomic mass is 10.0. The number of aromatic nitrogens is 1. The fourth-order valence-electron chi connectivity index (χ4n) is 7.06. The molecule has 3 aromatic heterocycles. The van der Waals surface area contributed by atoms with Crippen molar-refractivity contribution >= 4 is 82.5 Å². The molecule has 10 aromatic rings. The average Bonchev–Trinajstić information content (AvgIpc) is 3.71. The van der Waals surface area contributed by atoms with Crippen LogP contribution in [0.1, 0.15) is 0 Å². The molecule has 0 aliphatic heterocycles. The Morgan fingerprint density at radius 1 is 0.404 bits per heavy atom. The Kier molecular flexibility index (Phi) is 5.54. The summed E-state index contributed by atoms with van der Waals surface area (Å²) in [5.41, 5.74) is 9.05. The number of fused-ring (bicyclic) bond motifs is 10. The first-order valence-corrected chi connectivity index (χ1v) is 15.8. The molecule has 0 radical (unpaired) electrons. The summed E-state index contributed by atoms with van der Waals surface area (Å²) in [6.45, 7) is 0. The van der Waals surface area contributed by atoms with Crippen molar-refractivity contribution in [2.75, 3.05) is 4.90 Å². The van der Waals surface area contributed by atoms with Gasteiger partial charge in [0.15, 0.2) is 0 Å². The highest BCUT2D eigenvalue weighted by Gasteiger charge is 2.18. The van der Waals surface area contributed by atoms with Gasteiger partial charge in [-0.2, -0.15) is 0 Å². The first-order chi connectivity index (χ1) is 23.3. The minimum atomic E-state index is 0.907. The molecule has 0 aliphatic rings. The van der Waals surface area contributed by atoms with Gasteiger partial charge in [0.25, 0.3) is 0 Å². The van der Waals surface area contributed by atoms with Crippen LogP contribution in [0.25, 0.3) is 76.5 Å². The van der Waals surface area contributed by atoms with Crippen molar-refractivity contribution in [3.63, 3.8) is 0 Å². The number of rotatable bonds is 4. The highest BCUT2D eigenvalue weighted by atomic mass is 16.3. The molecular weight excluding hydrogens is 576 g/mol. The first kappa shape index (κ1) is 25.9. The van der Waals surface area contributed by atoms with E-state index in [1.165, 1.54) is 0 Å². The number of hydrogen-bond donors (Lipinski definition) is 0. The van der Waals surface area contributed by atoms with Gasteiger partial charge < -0.3 is 13.7 Å². The van der Waals surface area contributed by atoms with Crippen LogP contribution < -0.4 is 4.90 Å². The molecule has 0 N–H and O–H groups in total. The van der Waals surface area contributed by atoms with Crippen LogP contribution in [-0.4, -0.2) is 4.98 Å². The normalized spacial score (nSPS) is 11.8. The molecule has 0 bridgehead atoms. The molecule has 10 rings (SSSR count). The molecule has 0 aliphatic carbocycles. The SMILES string of the molecule is c1cncc(-c2ccc(N(c3ccc4c(ccc5c6ccccc6oc45)c3)c3ccc4c(ccc5c6ccccc6oc45)c3)cc2)c1. The Bertz CT molecular complexity index is 2640. The van der Waals surface area contributed by atoms with Gasteiger partial charge in [-0.25, -0.2) is 0 Å². The topological polar surface area (TPSA) is 42.4 Å². The highest BCUT2D eigenvalue weighted by molar-refractivity contribution is 6.17. The van der Waals surface area contributed by atoms with Gasteiger partial charge in [-0.1, -0.05) is 66.7 Å². The smallest absolute Gasteiger partial charge is 0.143 e. The van der Waals surface area contributed by atoms with Crippen molar-refractivity contribution in [3.05, 3.63) is 158 Å². The monoisotopic (exact) mass is 602 g/mol. The molecular formula is C43H26N2O2. The molecule has 0 spiro atoms. The van der Waals surface area contributed by atoms with Crippen LogP contribution in [0, 0.1) is 0 Å². The summed E-state index contributed by atoms with van der Waals surface area (Å²) in [7, 11) is 0. The van der Waals surface area contributed by atoms with Crippen LogP contribution in [-0.2, 0) is 0 Å². The van der Waals surface area contributed by atoms with Crippen LogP contribution in [0.15, 0.2) is 167 Å². The molecule has 0 fully saturated rings. The molecule has 0 amide bonds. The maximum absolute atomic E-state index is 6.37. The number of pyridine rings is 1. The van der Waals surface area contributed by atoms with Crippen LogP contribution in [0.2, 0.25) is 0 Å². The van der Waals surface area contributed by atoms with Crippen molar-refractivity contribution < 1.29 is 8.83 Å². The Morgan fingerprint density at radius 2 is 0.936 bits per heavy atom. The molecule has 0 unspecified atom stereocenters. The molecule has 220 valence electrons. The third-order valence-corrected chi connectivity index (χ3v) is 9.32. The second kappa shape index (κ2) is 10.1. The fourth-order valence-corrected chi connectivity index (χ4v) is 7.06. The highest BCUT2D eigenvalue weighted by Crippen LogP contribution is 2.42. The van der Waals surface area contributed by atoms with Crippen molar-refractivity contribution in [3.8, 4) is 11.1 Å². The number of anilines is 3. The van der Waals surface area contributed by atoms with E-state index in [-0.39, 0.29) is 0 Å². The molecule has 7 aromatic carbocycles. The summed E-state index contributed by atoms with van der Waals surface area (Å²) >= 11 is 0. The van der Waals surface area contributed by atoms with Gasteiger partial charge in [-0.05, 0) is 101 Å². The standard InChI is InChI=1S/C43H26N2O2/c1-3-9-40-36(7-1)38-19-13-28-24-32(17-21-34(28)42(38)46-40)45(31-15-11-27(12-16-31)30-6-5-23-44-26-30)33-18-22-35-29(25-33)14-20-39-37-8-2-4-10-41(37)47-43(35)39/h1-26H. The number of furan rings is 2. The lowest BCUT2D eigenvalue weighted by Gasteiger charge is -2.26. The van der Waals surface area contributed by atoms with E-state index >= 15 is 0 Å². The summed E-state index contributed by atoms with van der Waals surface area (Å²) in [4.78, 5) is 6.63. The van der Waals surface area contributed by atoms with Crippen LogP contribution >= 0.6 is 0 Å². The molecule has 4 heteroatoms. The molecule has 0 saturated carbocycles. The van der Waals surface area contributed by atoms with E-state index in [0.717, 1.165) is 93.6 Å². The first-order valence-electron chi connectivity index (χ1n) is 15.8. The van der Waals surface area contributed by atoms with E-state index in [1.54, 1.807) is 6.20 Å². The quantitative estimate of drug-likeness (QED) is 0.201. The molecule has 47 heavy (non-hydrogen) atoms. The van der Waals surface area contributed by atoms with Crippen molar-refractivity contribution in [2.45, 2.75) is 0 Å². The van der Waals surface area contributed by atoms with Crippen LogP contribution in [0.4, 0.5) is 17.1 Å². The van der Waals surface area contributed by atoms with Gasteiger partial charge >= 0.3 is 0 Å². The van der Waals surface area contributed by atoms with E-state index in [1.807, 2.05) is 36.5 Å². The van der Waals surface area contributed by atoms with E-state index in [2.05, 4.69) is 125 Å². The summed E-state index contributed by atoms with van der Waals surface area (Å²) in [5.74, 6) is 0. The minimum absolute atomic E-state index is 0.907. The van der Waals surface area contributed by atoms with Gasteiger partial charge in [0.2, 0.25) is 0 Å². The lowest BCUT2D eigenvalue weighted by molar-refractivity contribution is 0.672. The summed E-state index contributed by atoms with van der Waals surface area (Å²) < 4.78 is 12.7. The Hall–Kier alpha value is -6.39.